The van der Waals surface area contributed by atoms with E-state index in [1.165, 1.54) is 0 Å². The molecule has 104 valence electrons. The number of nitrogens with two attached hydrogens (primary N) is 1. The van der Waals surface area contributed by atoms with Crippen LogP contribution in [0.4, 0.5) is 5.69 Å². The molecule has 3 N–H and O–H groups in total. The second-order valence-electron chi connectivity index (χ2n) is 4.86. The molecular weight excluding hydrogens is 268 g/mol. The smallest absolute Gasteiger partial charge is 0.261 e. The maximum absolute atomic E-state index is 12.2. The lowest BCUT2D eigenvalue weighted by Gasteiger charge is -2.06. The molecule has 0 bridgehead atoms. The first-order valence-electron chi connectivity index (χ1n) is 6.42. The molecule has 0 unspecified atom stereocenters. The molecule has 0 fully saturated rings. The summed E-state index contributed by atoms with van der Waals surface area (Å²) in [5.74, 6) is -1.04. The summed E-state index contributed by atoms with van der Waals surface area (Å²) in [6.45, 7) is 0. The van der Waals surface area contributed by atoms with Crippen molar-refractivity contribution in [3.8, 4) is 0 Å². The van der Waals surface area contributed by atoms with Crippen molar-refractivity contribution in [3.05, 3.63) is 64.7 Å². The van der Waals surface area contributed by atoms with Gasteiger partial charge in [0.25, 0.3) is 11.8 Å². The number of Topliss-reactive ketones (excluding diaryl/α,β-unsaturated/α-hetero) is 1. The number of carbonyl (C=O) groups excluding carboxylic acids is 3. The Morgan fingerprint density at radius 3 is 2.48 bits per heavy atom. The van der Waals surface area contributed by atoms with Crippen LogP contribution in [0.25, 0.3) is 0 Å². The van der Waals surface area contributed by atoms with E-state index < -0.39 is 11.8 Å². The van der Waals surface area contributed by atoms with Gasteiger partial charge < -0.3 is 5.73 Å². The summed E-state index contributed by atoms with van der Waals surface area (Å²) < 4.78 is 0. The highest BCUT2D eigenvalue weighted by atomic mass is 16.2. The van der Waals surface area contributed by atoms with Gasteiger partial charge in [0.05, 0.1) is 11.1 Å². The molecule has 0 atom stereocenters. The van der Waals surface area contributed by atoms with Crippen LogP contribution in [0.15, 0.2) is 42.5 Å². The second kappa shape index (κ2) is 4.86. The third-order valence-corrected chi connectivity index (χ3v) is 3.39. The molecule has 2 aromatic carbocycles. The predicted molar refractivity (Wildman–Crippen MR) is 77.1 cm³/mol. The van der Waals surface area contributed by atoms with Crippen molar-refractivity contribution in [2.24, 2.45) is 0 Å². The normalized spacial score (nSPS) is 13.0. The standard InChI is InChI=1S/C16H12N2O3/c17-12-7-9(6-11-14(12)16(21)18-15(11)20)8-13(19)10-4-2-1-3-5-10/h1-7H,8,17H2,(H,18,20,21). The van der Waals surface area contributed by atoms with Crippen molar-refractivity contribution in [1.29, 1.82) is 0 Å². The molecule has 0 spiro atoms. The lowest BCUT2D eigenvalue weighted by atomic mass is 9.98. The summed E-state index contributed by atoms with van der Waals surface area (Å²) in [5, 5.41) is 2.19. The highest BCUT2D eigenvalue weighted by Gasteiger charge is 2.29. The minimum Gasteiger partial charge on any atom is -0.398 e. The minimum atomic E-state index is -0.492. The van der Waals surface area contributed by atoms with E-state index in [0.29, 0.717) is 11.1 Å². The predicted octanol–water partition coefficient (Wildman–Crippen LogP) is 1.58. The zero-order chi connectivity index (χ0) is 15.0. The summed E-state index contributed by atoms with van der Waals surface area (Å²) in [4.78, 5) is 35.4. The largest absolute Gasteiger partial charge is 0.398 e. The Labute approximate surface area is 120 Å². The molecule has 1 aliphatic heterocycles. The van der Waals surface area contributed by atoms with Crippen LogP contribution in [0.5, 0.6) is 0 Å². The van der Waals surface area contributed by atoms with Crippen LogP contribution in [-0.2, 0) is 6.42 Å². The molecule has 0 saturated heterocycles. The Morgan fingerprint density at radius 2 is 1.76 bits per heavy atom. The molecular formula is C16H12N2O3. The molecule has 21 heavy (non-hydrogen) atoms. The molecule has 3 rings (SSSR count). The highest BCUT2D eigenvalue weighted by molar-refractivity contribution is 6.23. The van der Waals surface area contributed by atoms with Crippen LogP contribution in [0.2, 0.25) is 0 Å². The molecule has 1 aliphatic rings. The summed E-state index contributed by atoms with van der Waals surface area (Å²) >= 11 is 0. The first kappa shape index (κ1) is 13.1. The fourth-order valence-corrected chi connectivity index (χ4v) is 2.41. The van der Waals surface area contributed by atoms with Crippen molar-refractivity contribution in [3.63, 3.8) is 0 Å². The van der Waals surface area contributed by atoms with Gasteiger partial charge in [0.15, 0.2) is 5.78 Å². The molecule has 0 aliphatic carbocycles. The topological polar surface area (TPSA) is 89.3 Å². The number of rotatable bonds is 3. The third kappa shape index (κ3) is 2.29. The Morgan fingerprint density at radius 1 is 1.05 bits per heavy atom. The van der Waals surface area contributed by atoms with Crippen LogP contribution in [0.1, 0.15) is 36.6 Å². The molecule has 0 radical (unpaired) electrons. The van der Waals surface area contributed by atoms with Crippen molar-refractivity contribution >= 4 is 23.3 Å². The molecule has 0 saturated carbocycles. The fourth-order valence-electron chi connectivity index (χ4n) is 2.41. The zero-order valence-corrected chi connectivity index (χ0v) is 11.1. The van der Waals surface area contributed by atoms with Gasteiger partial charge in [-0.1, -0.05) is 30.3 Å². The van der Waals surface area contributed by atoms with Crippen LogP contribution >= 0.6 is 0 Å². The minimum absolute atomic E-state index is 0.0697. The molecule has 5 nitrogen and oxygen atoms in total. The molecule has 0 aromatic heterocycles. The van der Waals surface area contributed by atoms with Gasteiger partial charge in [-0.3, -0.25) is 19.7 Å². The van der Waals surface area contributed by atoms with E-state index in [1.54, 1.807) is 36.4 Å². The number of fused-ring (bicyclic) bond motifs is 1. The van der Waals surface area contributed by atoms with E-state index in [9.17, 15) is 14.4 Å². The lowest BCUT2D eigenvalue weighted by molar-refractivity contribution is 0.0878. The Bertz CT molecular complexity index is 767. The molecule has 1 heterocycles. The number of nitrogens with one attached hydrogen (secondary N) is 1. The summed E-state index contributed by atoms with van der Waals surface area (Å²) in [6.07, 6.45) is 0.128. The second-order valence-corrected chi connectivity index (χ2v) is 4.86. The van der Waals surface area contributed by atoms with Crippen molar-refractivity contribution in [2.75, 3.05) is 5.73 Å². The van der Waals surface area contributed by atoms with Gasteiger partial charge in [-0.2, -0.15) is 0 Å². The van der Waals surface area contributed by atoms with E-state index in [2.05, 4.69) is 5.32 Å². The summed E-state index contributed by atoms with van der Waals surface area (Å²) in [6, 6.07) is 12.0. The highest BCUT2D eigenvalue weighted by Crippen LogP contribution is 2.25. The molecule has 5 heteroatoms. The number of amides is 2. The SMILES string of the molecule is Nc1cc(CC(=O)c2ccccc2)cc2c1C(=O)NC2=O. The Hall–Kier alpha value is -2.95. The average Bonchev–Trinajstić information content (AvgIpc) is 2.75. The monoisotopic (exact) mass is 280 g/mol. The van der Waals surface area contributed by atoms with Crippen LogP contribution in [0, 0.1) is 0 Å². The van der Waals surface area contributed by atoms with E-state index >= 15 is 0 Å². The lowest BCUT2D eigenvalue weighted by Crippen LogP contribution is -2.20. The number of hydrogen-bond acceptors (Lipinski definition) is 4. The maximum Gasteiger partial charge on any atom is 0.261 e. The van der Waals surface area contributed by atoms with E-state index in [4.69, 9.17) is 5.73 Å². The Kier molecular flexibility index (Phi) is 3.02. The van der Waals surface area contributed by atoms with Crippen LogP contribution in [-0.4, -0.2) is 17.6 Å². The van der Waals surface area contributed by atoms with Gasteiger partial charge in [-0.25, -0.2) is 0 Å². The van der Waals surface area contributed by atoms with E-state index in [0.717, 1.165) is 0 Å². The number of anilines is 1. The van der Waals surface area contributed by atoms with Crippen molar-refractivity contribution in [1.82, 2.24) is 5.32 Å². The number of hydrogen-bond donors (Lipinski definition) is 2. The summed E-state index contributed by atoms with van der Waals surface area (Å²) in [7, 11) is 0. The van der Waals surface area contributed by atoms with E-state index in [-0.39, 0.29) is 29.0 Å². The van der Waals surface area contributed by atoms with Gasteiger partial charge in [0.1, 0.15) is 0 Å². The van der Waals surface area contributed by atoms with Crippen LogP contribution in [0.3, 0.4) is 0 Å². The number of nitrogen functional groups attached to an aromatic ring is 1. The molecule has 2 aromatic rings. The first-order chi connectivity index (χ1) is 10.1. The quantitative estimate of drug-likeness (QED) is 0.507. The van der Waals surface area contributed by atoms with Gasteiger partial charge >= 0.3 is 0 Å². The first-order valence-corrected chi connectivity index (χ1v) is 6.42. The number of ketones is 1. The van der Waals surface area contributed by atoms with Gasteiger partial charge in [0.2, 0.25) is 0 Å². The third-order valence-electron chi connectivity index (χ3n) is 3.39. The van der Waals surface area contributed by atoms with Crippen LogP contribution < -0.4 is 11.1 Å². The van der Waals surface area contributed by atoms with Crippen molar-refractivity contribution < 1.29 is 14.4 Å². The number of carbonyl (C=O) groups is 3. The van der Waals surface area contributed by atoms with Gasteiger partial charge in [-0.15, -0.1) is 0 Å². The Balaban J connectivity index is 1.93. The maximum atomic E-state index is 12.2. The number of benzene rings is 2. The number of imide groups is 1. The van der Waals surface area contributed by atoms with E-state index in [1.807, 2.05) is 6.07 Å². The van der Waals surface area contributed by atoms with Gasteiger partial charge in [-0.05, 0) is 17.7 Å². The zero-order valence-electron chi connectivity index (χ0n) is 11.1. The van der Waals surface area contributed by atoms with Gasteiger partial charge in [0, 0.05) is 17.7 Å². The fraction of sp³-hybridized carbons (Fsp3) is 0.0625. The summed E-state index contributed by atoms with van der Waals surface area (Å²) in [5.41, 5.74) is 7.66. The van der Waals surface area contributed by atoms with Crippen molar-refractivity contribution in [2.45, 2.75) is 6.42 Å². The average molecular weight is 280 g/mol. The molecule has 2 amide bonds.